The molecule has 29 heteroatoms. The van der Waals surface area contributed by atoms with Crippen LogP contribution in [0.3, 0.4) is 0 Å². The van der Waals surface area contributed by atoms with E-state index in [4.69, 9.17) is 51.6 Å². The first kappa shape index (κ1) is 70.3. The molecule has 12 N–H and O–H groups in total. The zero-order valence-electron chi connectivity index (χ0n) is 49.9. The van der Waals surface area contributed by atoms with Gasteiger partial charge in [0.1, 0.15) is 97.3 Å². The quantitative estimate of drug-likeness (QED) is 0.0280. The van der Waals surface area contributed by atoms with E-state index in [0.29, 0.717) is 25.7 Å². The van der Waals surface area contributed by atoms with E-state index in [-0.39, 0.29) is 84.2 Å². The Kier molecular flexibility index (Phi) is 22.5. The van der Waals surface area contributed by atoms with Crippen LogP contribution in [0.2, 0.25) is 0 Å². The number of carbonyl (C=O) groups excluding carboxylic acids is 1. The van der Waals surface area contributed by atoms with Crippen molar-refractivity contribution < 1.29 is 160 Å². The largest absolute Gasteiger partial charge is 1.00 e. The minimum Gasteiger partial charge on any atom is -0.726 e. The number of aliphatic hydroxyl groups excluding tert-OH is 11. The average molecular weight is 1250 g/mol. The van der Waals surface area contributed by atoms with Gasteiger partial charge in [-0.3, -0.25) is 8.98 Å². The molecular formula is C56H91NaO27S. The summed E-state index contributed by atoms with van der Waals surface area (Å²) < 4.78 is 102. The topological polar surface area (TPSA) is 419 Å². The Morgan fingerprint density at radius 3 is 1.74 bits per heavy atom. The number of aliphatic hydroxyl groups is 12. The van der Waals surface area contributed by atoms with Crippen molar-refractivity contribution in [3.05, 3.63) is 11.6 Å². The van der Waals surface area contributed by atoms with Crippen molar-refractivity contribution in [3.8, 4) is 0 Å². The van der Waals surface area contributed by atoms with Gasteiger partial charge in [0.05, 0.1) is 49.3 Å². The van der Waals surface area contributed by atoms with Gasteiger partial charge in [-0.05, 0) is 113 Å². The summed E-state index contributed by atoms with van der Waals surface area (Å²) in [5, 5.41) is 134. The predicted octanol–water partition coefficient (Wildman–Crippen LogP) is -5.13. The molecule has 0 amide bonds. The monoisotopic (exact) mass is 1250 g/mol. The molecule has 0 aromatic rings. The third-order valence-electron chi connectivity index (χ3n) is 20.7. The molecule has 484 valence electrons. The molecule has 9 rings (SSSR count). The summed E-state index contributed by atoms with van der Waals surface area (Å²) in [7, 11) is -5.13. The number of hydrogen-bond acceptors (Lipinski definition) is 27. The van der Waals surface area contributed by atoms with Crippen molar-refractivity contribution in [2.75, 3.05) is 13.2 Å². The zero-order chi connectivity index (χ0) is 61.6. The normalized spacial score (nSPS) is 50.6. The number of ether oxygens (including phenoxy) is 10. The Hall–Kier alpha value is -0.600. The van der Waals surface area contributed by atoms with Gasteiger partial charge in [-0.2, -0.15) is 0 Å². The van der Waals surface area contributed by atoms with Gasteiger partial charge in [-0.25, -0.2) is 8.42 Å². The van der Waals surface area contributed by atoms with Crippen LogP contribution in [0.1, 0.15) is 114 Å². The summed E-state index contributed by atoms with van der Waals surface area (Å²) in [6.07, 6.45) is -34.6. The van der Waals surface area contributed by atoms with Crippen LogP contribution in [0.4, 0.5) is 0 Å². The fraction of sp³-hybridized carbons (Fsp3) is 0.946. The molecule has 0 spiro atoms. The number of rotatable bonds is 17. The molecule has 33 atom stereocenters. The first-order valence-electron chi connectivity index (χ1n) is 29.7. The second-order valence-electron chi connectivity index (χ2n) is 26.6. The Bertz CT molecular complexity index is 2410. The van der Waals surface area contributed by atoms with Gasteiger partial charge >= 0.3 is 29.6 Å². The molecule has 3 saturated carbocycles. The summed E-state index contributed by atoms with van der Waals surface area (Å²) >= 11 is 0. The summed E-state index contributed by atoms with van der Waals surface area (Å²) in [5.41, 5.74) is -1.30. The molecule has 8 fully saturated rings. The fourth-order valence-corrected chi connectivity index (χ4v) is 15.9. The zero-order valence-corrected chi connectivity index (χ0v) is 52.8. The number of Topliss-reactive ketones (excluding diaryl/α,β-unsaturated/α-hetero) is 1. The summed E-state index contributed by atoms with van der Waals surface area (Å²) in [6.45, 7) is 14.9. The van der Waals surface area contributed by atoms with Crippen molar-refractivity contribution in [3.63, 3.8) is 0 Å². The predicted molar refractivity (Wildman–Crippen MR) is 282 cm³/mol. The smallest absolute Gasteiger partial charge is 0.726 e. The van der Waals surface area contributed by atoms with Gasteiger partial charge < -0.3 is 113 Å². The maximum absolute atomic E-state index is 13.5. The first-order chi connectivity index (χ1) is 39.2. The molecule has 4 aliphatic carbocycles. The molecule has 27 nitrogen and oxygen atoms in total. The van der Waals surface area contributed by atoms with Crippen LogP contribution in [0, 0.1) is 46.3 Å². The Morgan fingerprint density at radius 1 is 0.647 bits per heavy atom. The Balaban J connectivity index is 0.00000940. The van der Waals surface area contributed by atoms with Gasteiger partial charge in [-0.15, -0.1) is 0 Å². The summed E-state index contributed by atoms with van der Waals surface area (Å²) in [5.74, 6) is -1.10. The molecule has 85 heavy (non-hydrogen) atoms. The molecule has 5 heterocycles. The Labute approximate surface area is 517 Å². The second-order valence-corrected chi connectivity index (χ2v) is 27.6. The van der Waals surface area contributed by atoms with Gasteiger partial charge in [0.2, 0.25) is 10.4 Å². The number of fused-ring (bicyclic) bond motifs is 5. The number of ketones is 1. The molecule has 0 aromatic carbocycles. The molecule has 0 radical (unpaired) electrons. The number of carbonyl (C=O) groups is 1. The summed E-state index contributed by atoms with van der Waals surface area (Å²) in [4.78, 5) is 13.5. The molecule has 5 saturated heterocycles. The summed E-state index contributed by atoms with van der Waals surface area (Å²) in [6, 6.07) is 0. The van der Waals surface area contributed by atoms with Crippen LogP contribution in [0.25, 0.3) is 0 Å². The van der Waals surface area contributed by atoms with Crippen LogP contribution in [-0.2, 0) is 66.7 Å². The minimum atomic E-state index is -5.13. The van der Waals surface area contributed by atoms with Crippen LogP contribution in [0.5, 0.6) is 0 Å². The maximum atomic E-state index is 13.5. The fourth-order valence-electron chi connectivity index (χ4n) is 15.4. The van der Waals surface area contributed by atoms with E-state index in [1.54, 1.807) is 6.92 Å². The van der Waals surface area contributed by atoms with Gasteiger partial charge in [0.15, 0.2) is 31.5 Å². The SMILES string of the molecule is CC1O[C@@H](OC2C(O)[C@H](O[C@@H]3OC[C@H](O)C(O)C3OC3OC(C)[C@H](O)C(O)[C@@H]3O)CO[C@H]2OC2C(O)[C@H](O[C@H]3CC4C(=CC[C@@]5(C)C4CC[C@@H]5[C@@](C)(O)CC(=O)[C@H](C)C(C)C)[C@@]4(C)CC[C@H](OS(=O)(=O)[O-])CC34)OC(C)[C@H]2O)C(O)C(O)[C@@H]1O.[Na+]. The first-order valence-corrected chi connectivity index (χ1v) is 31.1. The standard InChI is InChI=1S/C56H92O27S.Na/c1-21(2)22(3)31(57)18-56(9,69)35-11-10-28-27-17-33(30-16-26(83-84(70,71)72)12-14-54(30,7)29(27)13-15-55(28,35)8)78-51-45(68)46(38(61)25(6)77-51)80-53-48(82-50-44(67)42(65)37(60)24(5)76-50)40(63)34(20-74-53)79-52-47(39(62)32(58)19-73-52)81-49-43(66)41(64)36(59)23(4)75-49;/h13,21-28,30,32-53,58-69H,10-12,14-20H2,1-9H3,(H,70,71,72);/q;+1/p-1/t22-,23?,24?,25?,26+,27?,28?,30?,32+,33+,34-,35+,36+,37-,38-,39?,40?,41?,42?,43+,44?,45?,46?,47?,48?,49?,50+,51+,52+,53+,54-,55+,56+;/m1./s1. The van der Waals surface area contributed by atoms with Crippen LogP contribution < -0.4 is 29.6 Å². The number of hydrogen-bond donors (Lipinski definition) is 12. The minimum absolute atomic E-state index is 0. The van der Waals surface area contributed by atoms with Crippen molar-refractivity contribution in [1.82, 2.24) is 0 Å². The molecular weight excluding hydrogens is 1160 g/mol. The third kappa shape index (κ3) is 14.0. The van der Waals surface area contributed by atoms with E-state index in [1.807, 2.05) is 20.8 Å². The van der Waals surface area contributed by atoms with E-state index in [0.717, 1.165) is 12.0 Å². The van der Waals surface area contributed by atoms with Crippen molar-refractivity contribution in [2.45, 2.75) is 273 Å². The molecule has 5 aliphatic heterocycles. The van der Waals surface area contributed by atoms with Gasteiger partial charge in [-0.1, -0.05) is 46.3 Å². The van der Waals surface area contributed by atoms with Crippen molar-refractivity contribution >= 4 is 16.2 Å². The number of allylic oxidation sites excluding steroid dienone is 2. The third-order valence-corrected chi connectivity index (χ3v) is 21.3. The molecule has 0 bridgehead atoms. The molecule has 0 aromatic heterocycles. The van der Waals surface area contributed by atoms with E-state index >= 15 is 0 Å². The van der Waals surface area contributed by atoms with Gasteiger partial charge in [0, 0.05) is 12.3 Å². The molecule has 16 unspecified atom stereocenters. The average Bonchev–Trinajstić information content (AvgIpc) is 1.76. The van der Waals surface area contributed by atoms with Crippen LogP contribution in [-0.4, -0.2) is 252 Å². The van der Waals surface area contributed by atoms with Crippen LogP contribution >= 0.6 is 0 Å². The second kappa shape index (κ2) is 27.2. The van der Waals surface area contributed by atoms with E-state index in [9.17, 15) is 79.0 Å². The van der Waals surface area contributed by atoms with Crippen molar-refractivity contribution in [1.29, 1.82) is 0 Å². The van der Waals surface area contributed by atoms with E-state index in [2.05, 4.69) is 19.9 Å². The van der Waals surface area contributed by atoms with Crippen LogP contribution in [0.15, 0.2) is 11.6 Å². The van der Waals surface area contributed by atoms with E-state index in [1.165, 1.54) is 20.8 Å². The molecule has 9 aliphatic rings. The Morgan fingerprint density at radius 2 is 1.16 bits per heavy atom. The van der Waals surface area contributed by atoms with E-state index < -0.39 is 199 Å². The van der Waals surface area contributed by atoms with Gasteiger partial charge in [0.25, 0.3) is 0 Å². The van der Waals surface area contributed by atoms with Crippen molar-refractivity contribution in [2.24, 2.45) is 46.3 Å². The maximum Gasteiger partial charge on any atom is 1.00 e.